The van der Waals surface area contributed by atoms with Gasteiger partial charge in [0.2, 0.25) is 0 Å². The quantitative estimate of drug-likeness (QED) is 0.681. The fourth-order valence-corrected chi connectivity index (χ4v) is 2.79. The van der Waals surface area contributed by atoms with Gasteiger partial charge in [0.15, 0.2) is 0 Å². The van der Waals surface area contributed by atoms with Crippen LogP contribution in [0.4, 0.5) is 5.69 Å². The number of furan rings is 1. The van der Waals surface area contributed by atoms with Crippen molar-refractivity contribution in [1.29, 1.82) is 0 Å². The molecule has 0 saturated carbocycles. The van der Waals surface area contributed by atoms with Crippen LogP contribution in [-0.4, -0.2) is 0 Å². The Balaban J connectivity index is 1.93. The molecule has 0 spiro atoms. The van der Waals surface area contributed by atoms with E-state index in [1.807, 2.05) is 37.3 Å². The minimum Gasteiger partial charge on any atom is -0.461 e. The Morgan fingerprint density at radius 2 is 1.90 bits per heavy atom. The van der Waals surface area contributed by atoms with Crippen LogP contribution < -0.4 is 5.32 Å². The van der Waals surface area contributed by atoms with Crippen molar-refractivity contribution >= 4 is 28.3 Å². The molecule has 0 aliphatic carbocycles. The van der Waals surface area contributed by atoms with Gasteiger partial charge >= 0.3 is 0 Å². The maximum Gasteiger partial charge on any atom is 0.134 e. The number of halogens is 1. The van der Waals surface area contributed by atoms with Gasteiger partial charge in [-0.15, -0.1) is 0 Å². The highest BCUT2D eigenvalue weighted by Gasteiger charge is 2.12. The number of hydrogen-bond donors (Lipinski definition) is 1. The number of hydrogen-bond acceptors (Lipinski definition) is 2. The second-order valence-electron chi connectivity index (χ2n) is 5.12. The van der Waals surface area contributed by atoms with Crippen LogP contribution in [0, 0.1) is 6.92 Å². The molecule has 0 atom stereocenters. The number of benzene rings is 2. The molecular weight excluding hydrogens is 282 g/mol. The van der Waals surface area contributed by atoms with Gasteiger partial charge in [-0.1, -0.05) is 42.8 Å². The third-order valence-corrected chi connectivity index (χ3v) is 4.24. The second kappa shape index (κ2) is 5.82. The number of nitrogens with one attached hydrogen (secondary N) is 1. The van der Waals surface area contributed by atoms with Crippen molar-refractivity contribution in [3.05, 3.63) is 64.4 Å². The molecule has 0 fully saturated rings. The Bertz CT molecular complexity index is 776. The molecule has 0 bridgehead atoms. The number of rotatable bonds is 4. The van der Waals surface area contributed by atoms with Crippen LogP contribution >= 0.6 is 11.6 Å². The standard InChI is InChI=1S/C18H18ClNO/c1-3-17-14(13-7-4-5-10-18(13)21-17)11-20-16-9-6-8-15(19)12(16)2/h4-10,20H,3,11H2,1-2H3. The van der Waals surface area contributed by atoms with Crippen LogP contribution in [0.5, 0.6) is 0 Å². The van der Waals surface area contributed by atoms with Crippen LogP contribution in [0.15, 0.2) is 46.9 Å². The number of anilines is 1. The molecule has 3 rings (SSSR count). The average molecular weight is 300 g/mol. The van der Waals surface area contributed by atoms with Gasteiger partial charge < -0.3 is 9.73 Å². The van der Waals surface area contributed by atoms with E-state index in [4.69, 9.17) is 16.0 Å². The fourth-order valence-electron chi connectivity index (χ4n) is 2.61. The molecule has 2 nitrogen and oxygen atoms in total. The normalized spacial score (nSPS) is 11.0. The zero-order valence-electron chi connectivity index (χ0n) is 12.2. The lowest BCUT2D eigenvalue weighted by Gasteiger charge is -2.10. The fraction of sp³-hybridized carbons (Fsp3) is 0.222. The van der Waals surface area contributed by atoms with E-state index in [1.54, 1.807) is 0 Å². The van der Waals surface area contributed by atoms with Crippen LogP contribution in [0.3, 0.4) is 0 Å². The van der Waals surface area contributed by atoms with E-state index < -0.39 is 0 Å². The topological polar surface area (TPSA) is 25.2 Å². The van der Waals surface area contributed by atoms with E-state index in [1.165, 1.54) is 10.9 Å². The van der Waals surface area contributed by atoms with Crippen LogP contribution in [0.1, 0.15) is 23.8 Å². The molecule has 3 heteroatoms. The van der Waals surface area contributed by atoms with Gasteiger partial charge in [0.25, 0.3) is 0 Å². The summed E-state index contributed by atoms with van der Waals surface area (Å²) >= 11 is 6.17. The Morgan fingerprint density at radius 1 is 1.10 bits per heavy atom. The van der Waals surface area contributed by atoms with Crippen molar-refractivity contribution in [3.8, 4) is 0 Å². The van der Waals surface area contributed by atoms with Gasteiger partial charge in [-0.3, -0.25) is 0 Å². The molecule has 0 aliphatic rings. The van der Waals surface area contributed by atoms with Crippen LogP contribution in [0.2, 0.25) is 5.02 Å². The molecular formula is C18H18ClNO. The maximum absolute atomic E-state index is 6.17. The summed E-state index contributed by atoms with van der Waals surface area (Å²) in [6.45, 7) is 4.88. The Labute approximate surface area is 129 Å². The van der Waals surface area contributed by atoms with Crippen molar-refractivity contribution < 1.29 is 4.42 Å². The van der Waals surface area contributed by atoms with Gasteiger partial charge in [0.1, 0.15) is 11.3 Å². The summed E-state index contributed by atoms with van der Waals surface area (Å²) in [4.78, 5) is 0. The second-order valence-corrected chi connectivity index (χ2v) is 5.53. The van der Waals surface area contributed by atoms with Crippen LogP contribution in [0.25, 0.3) is 11.0 Å². The first-order valence-corrected chi connectivity index (χ1v) is 7.56. The molecule has 3 aromatic rings. The van der Waals surface area contributed by atoms with Crippen molar-refractivity contribution in [1.82, 2.24) is 0 Å². The first kappa shape index (κ1) is 14.0. The van der Waals surface area contributed by atoms with Gasteiger partial charge in [-0.2, -0.15) is 0 Å². The maximum atomic E-state index is 6.17. The van der Waals surface area contributed by atoms with E-state index in [0.29, 0.717) is 0 Å². The lowest BCUT2D eigenvalue weighted by Crippen LogP contribution is -2.02. The molecule has 1 N–H and O–H groups in total. The van der Waals surface area contributed by atoms with E-state index in [2.05, 4.69) is 24.4 Å². The summed E-state index contributed by atoms with van der Waals surface area (Å²) in [6.07, 6.45) is 0.889. The molecule has 0 radical (unpaired) electrons. The first-order valence-electron chi connectivity index (χ1n) is 7.19. The zero-order valence-corrected chi connectivity index (χ0v) is 13.0. The minimum absolute atomic E-state index is 0.737. The van der Waals surface area contributed by atoms with Gasteiger partial charge in [-0.25, -0.2) is 0 Å². The van der Waals surface area contributed by atoms with E-state index in [0.717, 1.165) is 40.6 Å². The number of fused-ring (bicyclic) bond motifs is 1. The summed E-state index contributed by atoms with van der Waals surface area (Å²) in [7, 11) is 0. The van der Waals surface area contributed by atoms with E-state index in [9.17, 15) is 0 Å². The molecule has 0 aliphatic heterocycles. The summed E-state index contributed by atoms with van der Waals surface area (Å²) < 4.78 is 5.92. The van der Waals surface area contributed by atoms with Crippen molar-refractivity contribution in [3.63, 3.8) is 0 Å². The third-order valence-electron chi connectivity index (χ3n) is 3.83. The zero-order chi connectivity index (χ0) is 14.8. The van der Waals surface area contributed by atoms with E-state index >= 15 is 0 Å². The molecule has 1 aromatic heterocycles. The smallest absolute Gasteiger partial charge is 0.134 e. The number of para-hydroxylation sites is 1. The molecule has 0 unspecified atom stereocenters. The summed E-state index contributed by atoms with van der Waals surface area (Å²) in [5.41, 5.74) is 4.32. The molecule has 2 aromatic carbocycles. The van der Waals surface area contributed by atoms with Gasteiger partial charge in [-0.05, 0) is 30.7 Å². The minimum atomic E-state index is 0.737. The molecule has 0 amide bonds. The van der Waals surface area contributed by atoms with Gasteiger partial charge in [0, 0.05) is 34.6 Å². The van der Waals surface area contributed by atoms with Crippen LogP contribution in [-0.2, 0) is 13.0 Å². The molecule has 1 heterocycles. The lowest BCUT2D eigenvalue weighted by molar-refractivity contribution is 0.551. The molecule has 108 valence electrons. The predicted molar refractivity (Wildman–Crippen MR) is 89.1 cm³/mol. The third kappa shape index (κ3) is 2.64. The number of aryl methyl sites for hydroxylation is 1. The highest BCUT2D eigenvalue weighted by Crippen LogP contribution is 2.28. The summed E-state index contributed by atoms with van der Waals surface area (Å²) in [5.74, 6) is 1.04. The van der Waals surface area contributed by atoms with Crippen molar-refractivity contribution in [2.45, 2.75) is 26.8 Å². The SMILES string of the molecule is CCc1oc2ccccc2c1CNc1cccc(Cl)c1C. The molecule has 0 saturated heterocycles. The van der Waals surface area contributed by atoms with E-state index in [-0.39, 0.29) is 0 Å². The Kier molecular flexibility index (Phi) is 3.89. The first-order chi connectivity index (χ1) is 10.2. The highest BCUT2D eigenvalue weighted by molar-refractivity contribution is 6.31. The van der Waals surface area contributed by atoms with Crippen molar-refractivity contribution in [2.75, 3.05) is 5.32 Å². The predicted octanol–water partition coefficient (Wildman–Crippen LogP) is 5.57. The summed E-state index contributed by atoms with van der Waals surface area (Å²) in [5, 5.41) is 5.45. The highest BCUT2D eigenvalue weighted by atomic mass is 35.5. The summed E-state index contributed by atoms with van der Waals surface area (Å²) in [6, 6.07) is 14.1. The van der Waals surface area contributed by atoms with Crippen molar-refractivity contribution in [2.24, 2.45) is 0 Å². The average Bonchev–Trinajstić information content (AvgIpc) is 2.86. The largest absolute Gasteiger partial charge is 0.461 e. The Morgan fingerprint density at radius 3 is 2.71 bits per heavy atom. The lowest BCUT2D eigenvalue weighted by atomic mass is 10.1. The van der Waals surface area contributed by atoms with Gasteiger partial charge in [0.05, 0.1) is 0 Å². The Hall–Kier alpha value is -1.93. The molecule has 21 heavy (non-hydrogen) atoms. The monoisotopic (exact) mass is 299 g/mol.